The Balaban J connectivity index is 1.55. The Labute approximate surface area is 148 Å². The van der Waals surface area contributed by atoms with Crippen molar-refractivity contribution < 1.29 is 9.21 Å². The average Bonchev–Trinajstić information content (AvgIpc) is 3.28. The van der Waals surface area contributed by atoms with E-state index in [1.807, 2.05) is 36.3 Å². The third kappa shape index (κ3) is 3.07. The van der Waals surface area contributed by atoms with Gasteiger partial charge in [0.15, 0.2) is 0 Å². The van der Waals surface area contributed by atoms with Gasteiger partial charge >= 0.3 is 0 Å². The van der Waals surface area contributed by atoms with Crippen LogP contribution in [0, 0.1) is 0 Å². The highest BCUT2D eigenvalue weighted by atomic mass is 16.3. The van der Waals surface area contributed by atoms with Crippen LogP contribution in [0.1, 0.15) is 17.7 Å². The average molecular weight is 340 g/mol. The maximum atomic E-state index is 13.1. The molecule has 1 amide bonds. The Kier molecular flexibility index (Phi) is 4.31. The summed E-state index contributed by atoms with van der Waals surface area (Å²) in [7, 11) is 1.92. The number of nitrogens with zero attached hydrogens (tertiary/aromatic N) is 4. The Bertz CT molecular complexity index is 718. The van der Waals surface area contributed by atoms with Crippen molar-refractivity contribution in [3.05, 3.63) is 54.2 Å². The van der Waals surface area contributed by atoms with E-state index in [9.17, 15) is 4.79 Å². The zero-order valence-electron chi connectivity index (χ0n) is 14.6. The van der Waals surface area contributed by atoms with E-state index >= 15 is 0 Å². The summed E-state index contributed by atoms with van der Waals surface area (Å²) in [5, 5.41) is 0. The second-order valence-corrected chi connectivity index (χ2v) is 7.08. The largest absolute Gasteiger partial charge is 0.468 e. The van der Waals surface area contributed by atoms with Gasteiger partial charge in [0.25, 0.3) is 0 Å². The van der Waals surface area contributed by atoms with Gasteiger partial charge in [-0.3, -0.25) is 19.6 Å². The second-order valence-electron chi connectivity index (χ2n) is 7.08. The number of rotatable bonds is 4. The van der Waals surface area contributed by atoms with Crippen molar-refractivity contribution in [3.63, 3.8) is 0 Å². The molecule has 25 heavy (non-hydrogen) atoms. The van der Waals surface area contributed by atoms with Gasteiger partial charge in [-0.15, -0.1) is 0 Å². The minimum absolute atomic E-state index is 0.240. The third-order valence-corrected chi connectivity index (χ3v) is 5.44. The van der Waals surface area contributed by atoms with Gasteiger partial charge in [0, 0.05) is 52.2 Å². The van der Waals surface area contributed by atoms with E-state index in [4.69, 9.17) is 4.42 Å². The third-order valence-electron chi connectivity index (χ3n) is 5.44. The number of amides is 1. The monoisotopic (exact) mass is 340 g/mol. The van der Waals surface area contributed by atoms with Crippen LogP contribution in [0.5, 0.6) is 0 Å². The summed E-state index contributed by atoms with van der Waals surface area (Å²) in [6, 6.07) is 7.94. The zero-order valence-corrected chi connectivity index (χ0v) is 14.6. The van der Waals surface area contributed by atoms with Crippen LogP contribution in [0.4, 0.5) is 0 Å². The molecule has 6 nitrogen and oxygen atoms in total. The first-order valence-corrected chi connectivity index (χ1v) is 8.82. The highest BCUT2D eigenvalue weighted by molar-refractivity contribution is 5.87. The predicted octanol–water partition coefficient (Wildman–Crippen LogP) is 1.59. The number of hydrogen-bond donors (Lipinski definition) is 0. The van der Waals surface area contributed by atoms with Crippen LogP contribution in [-0.2, 0) is 17.9 Å². The molecule has 2 fully saturated rings. The Morgan fingerprint density at radius 1 is 1.20 bits per heavy atom. The molecule has 132 valence electrons. The van der Waals surface area contributed by atoms with Gasteiger partial charge in [-0.05, 0) is 30.2 Å². The van der Waals surface area contributed by atoms with Gasteiger partial charge in [0.1, 0.15) is 11.3 Å². The molecule has 4 rings (SSSR count). The lowest BCUT2D eigenvalue weighted by molar-refractivity contribution is -0.149. The molecule has 2 aromatic heterocycles. The SMILES string of the molecule is CN1CCN(Cc2cccnc2)[C@@]2(CCN(Cc3ccco3)C2)C1=O. The summed E-state index contributed by atoms with van der Waals surface area (Å²) >= 11 is 0. The second kappa shape index (κ2) is 6.61. The van der Waals surface area contributed by atoms with Crippen molar-refractivity contribution >= 4 is 5.91 Å². The Morgan fingerprint density at radius 2 is 2.12 bits per heavy atom. The van der Waals surface area contributed by atoms with Crippen LogP contribution >= 0.6 is 0 Å². The van der Waals surface area contributed by atoms with Gasteiger partial charge in [0.2, 0.25) is 5.91 Å². The summed E-state index contributed by atoms with van der Waals surface area (Å²) in [5.74, 6) is 1.19. The van der Waals surface area contributed by atoms with E-state index in [0.717, 1.165) is 57.0 Å². The van der Waals surface area contributed by atoms with Crippen LogP contribution in [0.25, 0.3) is 0 Å². The first kappa shape index (κ1) is 16.3. The van der Waals surface area contributed by atoms with E-state index in [0.29, 0.717) is 0 Å². The summed E-state index contributed by atoms with van der Waals surface area (Å²) < 4.78 is 5.48. The molecule has 1 atom stereocenters. The number of pyridine rings is 1. The summed E-state index contributed by atoms with van der Waals surface area (Å²) in [6.07, 6.45) is 6.24. The molecule has 4 heterocycles. The predicted molar refractivity (Wildman–Crippen MR) is 93.6 cm³/mol. The highest BCUT2D eigenvalue weighted by Gasteiger charge is 2.52. The molecule has 0 saturated carbocycles. The van der Waals surface area contributed by atoms with Crippen molar-refractivity contribution in [2.75, 3.05) is 33.2 Å². The first-order chi connectivity index (χ1) is 12.2. The van der Waals surface area contributed by atoms with Gasteiger partial charge in [-0.25, -0.2) is 0 Å². The number of carbonyl (C=O) groups is 1. The number of likely N-dealkylation sites (tertiary alicyclic amines) is 1. The van der Waals surface area contributed by atoms with E-state index in [-0.39, 0.29) is 5.91 Å². The smallest absolute Gasteiger partial charge is 0.244 e. The number of hydrogen-bond acceptors (Lipinski definition) is 5. The molecule has 0 unspecified atom stereocenters. The van der Waals surface area contributed by atoms with E-state index < -0.39 is 5.54 Å². The number of carbonyl (C=O) groups excluding carboxylic acids is 1. The van der Waals surface area contributed by atoms with Crippen molar-refractivity contribution in [1.82, 2.24) is 19.7 Å². The van der Waals surface area contributed by atoms with Gasteiger partial charge in [-0.1, -0.05) is 6.07 Å². The molecule has 1 spiro atoms. The maximum Gasteiger partial charge on any atom is 0.244 e. The molecule has 6 heteroatoms. The molecular formula is C19H24N4O2. The van der Waals surface area contributed by atoms with Crippen LogP contribution in [-0.4, -0.2) is 64.4 Å². The molecule has 0 aromatic carbocycles. The summed E-state index contributed by atoms with van der Waals surface area (Å²) in [6.45, 7) is 4.85. The van der Waals surface area contributed by atoms with Crippen LogP contribution in [0.15, 0.2) is 47.3 Å². The number of likely N-dealkylation sites (N-methyl/N-ethyl adjacent to an activating group) is 1. The van der Waals surface area contributed by atoms with E-state index in [2.05, 4.69) is 20.9 Å². The van der Waals surface area contributed by atoms with Gasteiger partial charge in [-0.2, -0.15) is 0 Å². The lowest BCUT2D eigenvalue weighted by Crippen LogP contribution is -2.65. The molecular weight excluding hydrogens is 316 g/mol. The van der Waals surface area contributed by atoms with Crippen molar-refractivity contribution in [2.24, 2.45) is 0 Å². The quantitative estimate of drug-likeness (QED) is 0.846. The van der Waals surface area contributed by atoms with Crippen LogP contribution in [0.3, 0.4) is 0 Å². The molecule has 0 radical (unpaired) electrons. The molecule has 2 aromatic rings. The van der Waals surface area contributed by atoms with Crippen molar-refractivity contribution in [3.8, 4) is 0 Å². The van der Waals surface area contributed by atoms with E-state index in [1.165, 1.54) is 0 Å². The van der Waals surface area contributed by atoms with Gasteiger partial charge in [0.05, 0.1) is 12.8 Å². The number of aromatic nitrogens is 1. The number of piperazine rings is 1. The van der Waals surface area contributed by atoms with Crippen molar-refractivity contribution in [2.45, 2.75) is 25.0 Å². The minimum atomic E-state index is -0.435. The summed E-state index contributed by atoms with van der Waals surface area (Å²) in [5.41, 5.74) is 0.721. The van der Waals surface area contributed by atoms with Crippen LogP contribution in [0.2, 0.25) is 0 Å². The first-order valence-electron chi connectivity index (χ1n) is 8.82. The van der Waals surface area contributed by atoms with Crippen LogP contribution < -0.4 is 0 Å². The molecule has 2 saturated heterocycles. The summed E-state index contributed by atoms with van der Waals surface area (Å²) in [4.78, 5) is 23.9. The lowest BCUT2D eigenvalue weighted by atomic mass is 9.91. The lowest BCUT2D eigenvalue weighted by Gasteiger charge is -2.46. The topological polar surface area (TPSA) is 52.8 Å². The van der Waals surface area contributed by atoms with Crippen molar-refractivity contribution in [1.29, 1.82) is 0 Å². The molecule has 0 aliphatic carbocycles. The fourth-order valence-corrected chi connectivity index (χ4v) is 4.08. The fourth-order valence-electron chi connectivity index (χ4n) is 4.08. The Hall–Kier alpha value is -2.18. The fraction of sp³-hybridized carbons (Fsp3) is 0.474. The van der Waals surface area contributed by atoms with E-state index in [1.54, 1.807) is 12.5 Å². The molecule has 0 bridgehead atoms. The minimum Gasteiger partial charge on any atom is -0.468 e. The molecule has 0 N–H and O–H groups in total. The van der Waals surface area contributed by atoms with Gasteiger partial charge < -0.3 is 9.32 Å². The molecule has 2 aliphatic rings. The highest BCUT2D eigenvalue weighted by Crippen LogP contribution is 2.34. The maximum absolute atomic E-state index is 13.1. The standard InChI is InChI=1S/C19H24N4O2/c1-21-9-10-23(13-16-4-2-7-20-12-16)19(18(21)24)6-8-22(15-19)14-17-5-3-11-25-17/h2-5,7,11-12H,6,8-10,13-15H2,1H3/t19-/m1/s1. The number of furan rings is 1. The Morgan fingerprint density at radius 3 is 2.88 bits per heavy atom. The normalized spacial score (nSPS) is 25.2. The molecule has 2 aliphatic heterocycles. The zero-order chi connectivity index (χ0) is 17.3.